The molecule has 7 heteroatoms. The van der Waals surface area contributed by atoms with E-state index in [-0.39, 0.29) is 6.04 Å². The summed E-state index contributed by atoms with van der Waals surface area (Å²) in [6.45, 7) is 1.21. The van der Waals surface area contributed by atoms with Crippen molar-refractivity contribution in [3.63, 3.8) is 0 Å². The highest BCUT2D eigenvalue weighted by atomic mass is 16.6. The molecule has 1 aliphatic heterocycles. The van der Waals surface area contributed by atoms with Gasteiger partial charge in [-0.1, -0.05) is 6.07 Å². The Morgan fingerprint density at radius 2 is 2.00 bits per heavy atom. The maximum atomic E-state index is 5.75. The van der Waals surface area contributed by atoms with Gasteiger partial charge in [-0.15, -0.1) is 0 Å². The molecule has 1 saturated carbocycles. The highest BCUT2D eigenvalue weighted by Crippen LogP contribution is 2.45. The van der Waals surface area contributed by atoms with Gasteiger partial charge in [0, 0.05) is 7.05 Å². The third kappa shape index (κ3) is 2.56. The van der Waals surface area contributed by atoms with Crippen molar-refractivity contribution >= 4 is 16.9 Å². The first kappa shape index (κ1) is 14.5. The monoisotopic (exact) mass is 337 g/mol. The van der Waals surface area contributed by atoms with Crippen LogP contribution >= 0.6 is 0 Å². The molecule has 0 bridgehead atoms. The minimum absolute atomic E-state index is 0.189. The van der Waals surface area contributed by atoms with Crippen LogP contribution in [-0.4, -0.2) is 33.0 Å². The number of aryl methyl sites for hydroxylation is 1. The van der Waals surface area contributed by atoms with Crippen molar-refractivity contribution in [2.24, 2.45) is 13.0 Å². The summed E-state index contributed by atoms with van der Waals surface area (Å²) in [6, 6.07) is 6.40. The van der Waals surface area contributed by atoms with Crippen molar-refractivity contribution in [1.82, 2.24) is 19.7 Å². The van der Waals surface area contributed by atoms with Crippen LogP contribution in [0.3, 0.4) is 0 Å². The summed E-state index contributed by atoms with van der Waals surface area (Å²) in [6.07, 6.45) is 5.83. The lowest BCUT2D eigenvalue weighted by Crippen LogP contribution is -2.17. The van der Waals surface area contributed by atoms with E-state index in [1.165, 1.54) is 18.4 Å². The molecule has 0 radical (unpaired) electrons. The predicted molar refractivity (Wildman–Crippen MR) is 92.8 cm³/mol. The molecular formula is C18H19N5O2. The van der Waals surface area contributed by atoms with Crippen LogP contribution in [-0.2, 0) is 7.05 Å². The largest absolute Gasteiger partial charge is 0.486 e. The molecular weight excluding hydrogens is 318 g/mol. The number of hydrogen-bond donors (Lipinski definition) is 1. The number of nitrogens with one attached hydrogen (secondary N) is 1. The van der Waals surface area contributed by atoms with Crippen molar-refractivity contribution in [2.45, 2.75) is 18.9 Å². The quantitative estimate of drug-likeness (QED) is 0.789. The zero-order valence-electron chi connectivity index (χ0n) is 14.0. The average Bonchev–Trinajstić information content (AvgIpc) is 3.42. The maximum absolute atomic E-state index is 5.75. The third-order valence-corrected chi connectivity index (χ3v) is 4.84. The Balaban J connectivity index is 1.51. The summed E-state index contributed by atoms with van der Waals surface area (Å²) in [5.74, 6) is 3.07. The number of fused-ring (bicyclic) bond motifs is 2. The molecule has 1 N–H and O–H groups in total. The van der Waals surface area contributed by atoms with Crippen LogP contribution in [0.5, 0.6) is 11.5 Å². The smallest absolute Gasteiger partial charge is 0.163 e. The van der Waals surface area contributed by atoms with Crippen molar-refractivity contribution in [3.8, 4) is 11.5 Å². The van der Waals surface area contributed by atoms with Gasteiger partial charge in [-0.05, 0) is 36.5 Å². The Morgan fingerprint density at radius 3 is 2.84 bits per heavy atom. The van der Waals surface area contributed by atoms with E-state index in [2.05, 4.69) is 32.5 Å². The molecule has 1 fully saturated rings. The zero-order valence-corrected chi connectivity index (χ0v) is 14.0. The molecule has 0 spiro atoms. The fourth-order valence-electron chi connectivity index (χ4n) is 3.38. The van der Waals surface area contributed by atoms with E-state index in [0.29, 0.717) is 19.1 Å². The summed E-state index contributed by atoms with van der Waals surface area (Å²) >= 11 is 0. The van der Waals surface area contributed by atoms with Gasteiger partial charge >= 0.3 is 0 Å². The fraction of sp³-hybridized carbons (Fsp3) is 0.389. The molecule has 1 aliphatic carbocycles. The van der Waals surface area contributed by atoms with Crippen LogP contribution in [0.1, 0.15) is 24.4 Å². The van der Waals surface area contributed by atoms with Gasteiger partial charge in [0.15, 0.2) is 17.1 Å². The second-order valence-electron chi connectivity index (χ2n) is 6.59. The van der Waals surface area contributed by atoms with Gasteiger partial charge in [-0.2, -0.15) is 5.10 Å². The number of ether oxygens (including phenoxy) is 2. The Kier molecular flexibility index (Phi) is 3.26. The number of rotatable bonds is 4. The van der Waals surface area contributed by atoms with Gasteiger partial charge in [-0.25, -0.2) is 9.97 Å². The molecule has 2 aliphatic rings. The van der Waals surface area contributed by atoms with E-state index >= 15 is 0 Å². The minimum atomic E-state index is 0.189. The first-order valence-corrected chi connectivity index (χ1v) is 8.58. The molecule has 0 amide bonds. The lowest BCUT2D eigenvalue weighted by atomic mass is 10.0. The summed E-state index contributed by atoms with van der Waals surface area (Å²) in [7, 11) is 1.89. The van der Waals surface area contributed by atoms with E-state index in [1.807, 2.05) is 19.3 Å². The molecule has 0 saturated heterocycles. The Hall–Kier alpha value is -2.83. The highest BCUT2D eigenvalue weighted by molar-refractivity contribution is 5.86. The first-order chi connectivity index (χ1) is 12.3. The number of aromatic nitrogens is 4. The molecule has 1 unspecified atom stereocenters. The number of hydrogen-bond acceptors (Lipinski definition) is 6. The number of benzene rings is 1. The topological polar surface area (TPSA) is 74.1 Å². The predicted octanol–water partition coefficient (Wildman–Crippen LogP) is 2.70. The maximum Gasteiger partial charge on any atom is 0.163 e. The van der Waals surface area contributed by atoms with Crippen LogP contribution in [0.25, 0.3) is 11.0 Å². The van der Waals surface area contributed by atoms with Crippen molar-refractivity contribution in [1.29, 1.82) is 0 Å². The second kappa shape index (κ2) is 5.61. The van der Waals surface area contributed by atoms with Gasteiger partial charge in [-0.3, -0.25) is 4.68 Å². The molecule has 128 valence electrons. The molecule has 2 aromatic heterocycles. The summed E-state index contributed by atoms with van der Waals surface area (Å²) in [5, 5.41) is 8.85. The first-order valence-electron chi connectivity index (χ1n) is 8.58. The van der Waals surface area contributed by atoms with Gasteiger partial charge in [0.1, 0.15) is 25.4 Å². The van der Waals surface area contributed by atoms with E-state index in [1.54, 1.807) is 11.0 Å². The molecule has 3 heterocycles. The molecule has 25 heavy (non-hydrogen) atoms. The third-order valence-electron chi connectivity index (χ3n) is 4.84. The highest BCUT2D eigenvalue weighted by Gasteiger charge is 2.33. The molecule has 5 rings (SSSR count). The number of anilines is 1. The van der Waals surface area contributed by atoms with Crippen molar-refractivity contribution in [3.05, 3.63) is 36.3 Å². The van der Waals surface area contributed by atoms with Gasteiger partial charge in [0.05, 0.1) is 17.6 Å². The van der Waals surface area contributed by atoms with Crippen molar-refractivity contribution in [2.75, 3.05) is 18.5 Å². The van der Waals surface area contributed by atoms with E-state index in [0.717, 1.165) is 28.4 Å². The van der Waals surface area contributed by atoms with Gasteiger partial charge < -0.3 is 14.8 Å². The van der Waals surface area contributed by atoms with Crippen LogP contribution < -0.4 is 14.8 Å². The van der Waals surface area contributed by atoms with Crippen LogP contribution in [0.2, 0.25) is 0 Å². The van der Waals surface area contributed by atoms with Gasteiger partial charge in [0.2, 0.25) is 0 Å². The van der Waals surface area contributed by atoms with Crippen LogP contribution in [0, 0.1) is 5.92 Å². The Labute approximate surface area is 145 Å². The molecule has 7 nitrogen and oxygen atoms in total. The number of nitrogens with zero attached hydrogens (tertiary/aromatic N) is 4. The minimum Gasteiger partial charge on any atom is -0.486 e. The van der Waals surface area contributed by atoms with Gasteiger partial charge in [0.25, 0.3) is 0 Å². The van der Waals surface area contributed by atoms with Crippen LogP contribution in [0.15, 0.2) is 30.7 Å². The summed E-state index contributed by atoms with van der Waals surface area (Å²) < 4.78 is 13.1. The standard InChI is InChI=1S/C18H19N5O2/c1-23-18-13(9-21-23)17(19-10-20-18)22-16(11-2-3-11)12-4-5-14-15(8-12)25-7-6-24-14/h4-5,8-11,16H,2-3,6-7H2,1H3,(H,19,20,22). The molecule has 1 atom stereocenters. The Bertz CT molecular complexity index is 934. The van der Waals surface area contributed by atoms with E-state index in [9.17, 15) is 0 Å². The lowest BCUT2D eigenvalue weighted by Gasteiger charge is -2.23. The summed E-state index contributed by atoms with van der Waals surface area (Å²) in [4.78, 5) is 8.76. The Morgan fingerprint density at radius 1 is 1.16 bits per heavy atom. The SMILES string of the molecule is Cn1ncc2c(NC(c3ccc4c(c3)OCCO4)C3CC3)ncnc21. The lowest BCUT2D eigenvalue weighted by molar-refractivity contribution is 0.171. The van der Waals surface area contributed by atoms with Crippen molar-refractivity contribution < 1.29 is 9.47 Å². The van der Waals surface area contributed by atoms with E-state index in [4.69, 9.17) is 9.47 Å². The van der Waals surface area contributed by atoms with E-state index < -0.39 is 0 Å². The normalized spacial score (nSPS) is 17.5. The fourth-order valence-corrected chi connectivity index (χ4v) is 3.38. The average molecular weight is 337 g/mol. The zero-order chi connectivity index (χ0) is 16.8. The second-order valence-corrected chi connectivity index (χ2v) is 6.59. The molecule has 3 aromatic rings. The van der Waals surface area contributed by atoms with Crippen LogP contribution in [0.4, 0.5) is 5.82 Å². The molecule has 1 aromatic carbocycles. The summed E-state index contributed by atoms with van der Waals surface area (Å²) in [5.41, 5.74) is 2.02.